The van der Waals surface area contributed by atoms with E-state index in [1.165, 1.54) is 32.1 Å². The van der Waals surface area contributed by atoms with Crippen LogP contribution < -0.4 is 5.73 Å². The van der Waals surface area contributed by atoms with Gasteiger partial charge in [-0.1, -0.05) is 45.4 Å². The molecule has 1 rings (SSSR count). The summed E-state index contributed by atoms with van der Waals surface area (Å²) in [4.78, 5) is 10.8. The second-order valence-electron chi connectivity index (χ2n) is 5.34. The number of hydrogen-bond donors (Lipinski definition) is 2. The summed E-state index contributed by atoms with van der Waals surface area (Å²) in [7, 11) is 0. The first-order valence-electron chi connectivity index (χ1n) is 6.56. The summed E-state index contributed by atoms with van der Waals surface area (Å²) in [5.41, 5.74) is 5.46. The Balaban J connectivity index is 2.18. The zero-order valence-electron chi connectivity index (χ0n) is 10.3. The molecule has 1 aliphatic carbocycles. The quantitative estimate of drug-likeness (QED) is 0.702. The molecule has 1 fully saturated rings. The molecule has 0 aromatic rings. The van der Waals surface area contributed by atoms with Crippen molar-refractivity contribution in [1.29, 1.82) is 0 Å². The van der Waals surface area contributed by atoms with Crippen LogP contribution in [-0.4, -0.2) is 17.6 Å². The van der Waals surface area contributed by atoms with E-state index in [0.29, 0.717) is 5.92 Å². The molecule has 16 heavy (non-hydrogen) atoms. The Labute approximate surface area is 98.4 Å². The first kappa shape index (κ1) is 13.5. The number of aliphatic carboxylic acids is 1. The summed E-state index contributed by atoms with van der Waals surface area (Å²) in [5, 5.41) is 8.92. The van der Waals surface area contributed by atoms with Gasteiger partial charge in [0.15, 0.2) is 0 Å². The van der Waals surface area contributed by atoms with Gasteiger partial charge in [-0.25, -0.2) is 0 Å². The van der Waals surface area contributed by atoms with Gasteiger partial charge >= 0.3 is 5.97 Å². The molecule has 0 aliphatic heterocycles. The zero-order chi connectivity index (χ0) is 12.0. The van der Waals surface area contributed by atoms with Gasteiger partial charge in [0.05, 0.1) is 5.92 Å². The lowest BCUT2D eigenvalue weighted by Gasteiger charge is -2.17. The summed E-state index contributed by atoms with van der Waals surface area (Å²) >= 11 is 0. The SMILES string of the molecule is CC(CCC1CCCC1)CC(CN)C(=O)O. The topological polar surface area (TPSA) is 63.3 Å². The van der Waals surface area contributed by atoms with Crippen molar-refractivity contribution in [3.63, 3.8) is 0 Å². The average Bonchev–Trinajstić information content (AvgIpc) is 2.75. The van der Waals surface area contributed by atoms with Crippen LogP contribution in [0.1, 0.15) is 51.9 Å². The molecule has 0 amide bonds. The molecule has 3 heteroatoms. The molecule has 0 saturated heterocycles. The van der Waals surface area contributed by atoms with Gasteiger partial charge < -0.3 is 10.8 Å². The Morgan fingerprint density at radius 2 is 2.06 bits per heavy atom. The minimum atomic E-state index is -0.741. The van der Waals surface area contributed by atoms with Crippen LogP contribution in [0.25, 0.3) is 0 Å². The van der Waals surface area contributed by atoms with Gasteiger partial charge in [0.2, 0.25) is 0 Å². The maximum absolute atomic E-state index is 10.8. The Bertz CT molecular complexity index is 212. The molecule has 3 N–H and O–H groups in total. The molecule has 0 spiro atoms. The molecular weight excluding hydrogens is 202 g/mol. The molecule has 94 valence electrons. The smallest absolute Gasteiger partial charge is 0.307 e. The van der Waals surface area contributed by atoms with Crippen molar-refractivity contribution >= 4 is 5.97 Å². The molecule has 2 unspecified atom stereocenters. The van der Waals surface area contributed by atoms with Gasteiger partial charge in [-0.15, -0.1) is 0 Å². The van der Waals surface area contributed by atoms with E-state index < -0.39 is 5.97 Å². The zero-order valence-corrected chi connectivity index (χ0v) is 10.3. The number of carboxylic acid groups (broad SMARTS) is 1. The van der Waals surface area contributed by atoms with E-state index in [1.54, 1.807) is 0 Å². The van der Waals surface area contributed by atoms with Gasteiger partial charge in [-0.05, 0) is 18.3 Å². The van der Waals surface area contributed by atoms with E-state index in [4.69, 9.17) is 10.8 Å². The molecule has 0 aromatic carbocycles. The monoisotopic (exact) mass is 227 g/mol. The second-order valence-corrected chi connectivity index (χ2v) is 5.34. The van der Waals surface area contributed by atoms with Gasteiger partial charge in [0.1, 0.15) is 0 Å². The summed E-state index contributed by atoms with van der Waals surface area (Å²) < 4.78 is 0. The van der Waals surface area contributed by atoms with E-state index in [1.807, 2.05) is 0 Å². The number of hydrogen-bond acceptors (Lipinski definition) is 2. The fraction of sp³-hybridized carbons (Fsp3) is 0.923. The lowest BCUT2D eigenvalue weighted by atomic mass is 9.89. The highest BCUT2D eigenvalue weighted by Crippen LogP contribution is 2.30. The minimum absolute atomic E-state index is 0.267. The molecule has 0 aromatic heterocycles. The fourth-order valence-electron chi connectivity index (χ4n) is 2.72. The minimum Gasteiger partial charge on any atom is -0.481 e. The summed E-state index contributed by atoms with van der Waals surface area (Å²) in [6.07, 6.45) is 8.71. The van der Waals surface area contributed by atoms with E-state index in [-0.39, 0.29) is 12.5 Å². The highest BCUT2D eigenvalue weighted by Gasteiger charge is 2.20. The van der Waals surface area contributed by atoms with Crippen LogP contribution in [0.2, 0.25) is 0 Å². The van der Waals surface area contributed by atoms with Crippen molar-refractivity contribution in [2.75, 3.05) is 6.54 Å². The van der Waals surface area contributed by atoms with Crippen LogP contribution in [0.15, 0.2) is 0 Å². The van der Waals surface area contributed by atoms with Gasteiger partial charge in [-0.2, -0.15) is 0 Å². The standard InChI is InChI=1S/C13H25NO2/c1-10(8-12(9-14)13(15)16)6-7-11-4-2-3-5-11/h10-12H,2-9,14H2,1H3,(H,15,16). The fourth-order valence-corrected chi connectivity index (χ4v) is 2.72. The first-order valence-corrected chi connectivity index (χ1v) is 6.56. The van der Waals surface area contributed by atoms with Crippen molar-refractivity contribution in [2.24, 2.45) is 23.5 Å². The van der Waals surface area contributed by atoms with Crippen LogP contribution in [0.5, 0.6) is 0 Å². The number of carbonyl (C=O) groups is 1. The van der Waals surface area contributed by atoms with E-state index in [2.05, 4.69) is 6.92 Å². The molecule has 2 atom stereocenters. The lowest BCUT2D eigenvalue weighted by molar-refractivity contribution is -0.141. The Morgan fingerprint density at radius 1 is 1.44 bits per heavy atom. The molecule has 3 nitrogen and oxygen atoms in total. The number of rotatable bonds is 7. The van der Waals surface area contributed by atoms with Crippen LogP contribution in [-0.2, 0) is 4.79 Å². The van der Waals surface area contributed by atoms with E-state index in [0.717, 1.165) is 18.8 Å². The summed E-state index contributed by atoms with van der Waals surface area (Å²) in [6, 6.07) is 0. The summed E-state index contributed by atoms with van der Waals surface area (Å²) in [6.45, 7) is 2.42. The predicted octanol–water partition coefficient (Wildman–Crippen LogP) is 2.64. The maximum Gasteiger partial charge on any atom is 0.307 e. The molecule has 1 saturated carbocycles. The third kappa shape index (κ3) is 4.52. The highest BCUT2D eigenvalue weighted by atomic mass is 16.4. The van der Waals surface area contributed by atoms with Crippen molar-refractivity contribution in [2.45, 2.75) is 51.9 Å². The largest absolute Gasteiger partial charge is 0.481 e. The van der Waals surface area contributed by atoms with Crippen molar-refractivity contribution in [1.82, 2.24) is 0 Å². The highest BCUT2D eigenvalue weighted by molar-refractivity contribution is 5.70. The normalized spacial score (nSPS) is 20.9. The number of nitrogens with two attached hydrogens (primary N) is 1. The molecule has 0 radical (unpaired) electrons. The summed E-state index contributed by atoms with van der Waals surface area (Å²) in [5.74, 6) is 0.308. The lowest BCUT2D eigenvalue weighted by Crippen LogP contribution is -2.25. The third-order valence-electron chi connectivity index (χ3n) is 3.86. The number of carboxylic acids is 1. The maximum atomic E-state index is 10.8. The van der Waals surface area contributed by atoms with Crippen LogP contribution in [0, 0.1) is 17.8 Å². The second kappa shape index (κ2) is 6.89. The molecule has 1 aliphatic rings. The van der Waals surface area contributed by atoms with Gasteiger partial charge in [0.25, 0.3) is 0 Å². The van der Waals surface area contributed by atoms with Crippen LogP contribution in [0.3, 0.4) is 0 Å². The van der Waals surface area contributed by atoms with Crippen LogP contribution in [0.4, 0.5) is 0 Å². The molecule has 0 bridgehead atoms. The first-order chi connectivity index (χ1) is 7.63. The van der Waals surface area contributed by atoms with Crippen molar-refractivity contribution in [3.05, 3.63) is 0 Å². The Kier molecular flexibility index (Phi) is 5.81. The Morgan fingerprint density at radius 3 is 2.56 bits per heavy atom. The van der Waals surface area contributed by atoms with E-state index >= 15 is 0 Å². The van der Waals surface area contributed by atoms with E-state index in [9.17, 15) is 4.79 Å². The van der Waals surface area contributed by atoms with Crippen molar-refractivity contribution in [3.8, 4) is 0 Å². The van der Waals surface area contributed by atoms with Gasteiger partial charge in [0, 0.05) is 6.54 Å². The molecular formula is C13H25NO2. The third-order valence-corrected chi connectivity index (χ3v) is 3.86. The molecule has 0 heterocycles. The predicted molar refractivity (Wildman–Crippen MR) is 65.2 cm³/mol. The Hall–Kier alpha value is -0.570. The van der Waals surface area contributed by atoms with Crippen molar-refractivity contribution < 1.29 is 9.90 Å². The van der Waals surface area contributed by atoms with Crippen LogP contribution >= 0.6 is 0 Å². The van der Waals surface area contributed by atoms with Gasteiger partial charge in [-0.3, -0.25) is 4.79 Å². The average molecular weight is 227 g/mol.